The van der Waals surface area contributed by atoms with Crippen molar-refractivity contribution in [2.24, 2.45) is 0 Å². The molecule has 1 N–H and O–H groups in total. The highest BCUT2D eigenvalue weighted by Gasteiger charge is 2.06. The molecule has 0 spiro atoms. The minimum Gasteiger partial charge on any atom is -0.371 e. The number of nitrogens with one attached hydrogen (secondary N) is 1. The van der Waals surface area contributed by atoms with E-state index in [1.807, 2.05) is 43.4 Å². The molecule has 1 aliphatic rings. The molecule has 74 valence electrons. The van der Waals surface area contributed by atoms with Crippen molar-refractivity contribution >= 4 is 0 Å². The van der Waals surface area contributed by atoms with Crippen LogP contribution in [-0.2, 0) is 0 Å². The molecule has 0 radical (unpaired) electrons. The fourth-order valence-electron chi connectivity index (χ4n) is 1.50. The zero-order valence-corrected chi connectivity index (χ0v) is 8.70. The van der Waals surface area contributed by atoms with Gasteiger partial charge in [0.1, 0.15) is 6.04 Å². The Balaban J connectivity index is 2.29. The van der Waals surface area contributed by atoms with Crippen LogP contribution in [0.15, 0.2) is 54.3 Å². The summed E-state index contributed by atoms with van der Waals surface area (Å²) in [5, 5.41) is 3.37. The molecule has 0 saturated heterocycles. The van der Waals surface area contributed by atoms with Gasteiger partial charge in [-0.05, 0) is 24.6 Å². The number of hydrogen-bond acceptors (Lipinski definition) is 1. The van der Waals surface area contributed by atoms with Gasteiger partial charge in [-0.25, -0.2) is 0 Å². The highest BCUT2D eigenvalue weighted by molar-refractivity contribution is 5.33. The molecule has 1 nitrogen and oxygen atoms in total. The van der Waals surface area contributed by atoms with E-state index in [4.69, 9.17) is 0 Å². The quantitative estimate of drug-likeness (QED) is 0.679. The molecule has 0 aromatic heterocycles. The van der Waals surface area contributed by atoms with E-state index in [0.29, 0.717) is 0 Å². The second kappa shape index (κ2) is 4.52. The average molecular weight is 195 g/mol. The topological polar surface area (TPSA) is 12.0 Å². The summed E-state index contributed by atoms with van der Waals surface area (Å²) < 4.78 is 0. The molecular weight excluding hydrogens is 182 g/mol. The third-order valence-corrected chi connectivity index (χ3v) is 2.26. The van der Waals surface area contributed by atoms with Crippen molar-refractivity contribution in [1.29, 1.82) is 0 Å². The molecule has 1 heteroatoms. The molecular formula is C14H13N. The Kier molecular flexibility index (Phi) is 2.90. The van der Waals surface area contributed by atoms with E-state index < -0.39 is 0 Å². The van der Waals surface area contributed by atoms with E-state index in [2.05, 4.69) is 29.3 Å². The third-order valence-electron chi connectivity index (χ3n) is 2.26. The lowest BCUT2D eigenvalue weighted by atomic mass is 10.1. The van der Waals surface area contributed by atoms with Gasteiger partial charge in [0.15, 0.2) is 0 Å². The van der Waals surface area contributed by atoms with Gasteiger partial charge in [-0.1, -0.05) is 48.2 Å². The van der Waals surface area contributed by atoms with Crippen LogP contribution in [0.25, 0.3) is 0 Å². The fraction of sp³-hybridized carbons (Fsp3) is 0.143. The van der Waals surface area contributed by atoms with Gasteiger partial charge in [-0.2, -0.15) is 0 Å². The zero-order valence-electron chi connectivity index (χ0n) is 8.70. The Bertz CT molecular complexity index is 443. The van der Waals surface area contributed by atoms with Crippen LogP contribution in [0.5, 0.6) is 0 Å². The molecule has 15 heavy (non-hydrogen) atoms. The van der Waals surface area contributed by atoms with Crippen molar-refractivity contribution in [3.8, 4) is 11.8 Å². The summed E-state index contributed by atoms with van der Waals surface area (Å²) >= 11 is 0. The number of rotatable bonds is 1. The first kappa shape index (κ1) is 9.61. The van der Waals surface area contributed by atoms with Gasteiger partial charge in [0.25, 0.3) is 0 Å². The van der Waals surface area contributed by atoms with Gasteiger partial charge in [-0.3, -0.25) is 0 Å². The van der Waals surface area contributed by atoms with Crippen LogP contribution in [0.3, 0.4) is 0 Å². The second-order valence-electron chi connectivity index (χ2n) is 3.49. The predicted molar refractivity (Wildman–Crippen MR) is 63.0 cm³/mol. The minimum absolute atomic E-state index is 0.0902. The van der Waals surface area contributed by atoms with E-state index in [9.17, 15) is 0 Å². The van der Waals surface area contributed by atoms with Crippen molar-refractivity contribution < 1.29 is 0 Å². The summed E-state index contributed by atoms with van der Waals surface area (Å²) in [7, 11) is 0. The number of benzene rings is 1. The molecule has 1 aliphatic heterocycles. The normalized spacial score (nSPS) is 24.6. The van der Waals surface area contributed by atoms with Crippen LogP contribution in [0.2, 0.25) is 0 Å². The molecule has 0 amide bonds. The fourth-order valence-corrected chi connectivity index (χ4v) is 1.50. The third kappa shape index (κ3) is 2.51. The largest absolute Gasteiger partial charge is 0.371 e. The summed E-state index contributed by atoms with van der Waals surface area (Å²) in [5.41, 5.74) is 2.34. The van der Waals surface area contributed by atoms with Gasteiger partial charge in [-0.15, -0.1) is 0 Å². The average Bonchev–Trinajstić information content (AvgIpc) is 2.24. The molecule has 0 bridgehead atoms. The first-order valence-corrected chi connectivity index (χ1v) is 5.02. The molecule has 1 unspecified atom stereocenters. The van der Waals surface area contributed by atoms with Gasteiger partial charge < -0.3 is 5.32 Å². The van der Waals surface area contributed by atoms with Gasteiger partial charge >= 0.3 is 0 Å². The zero-order chi connectivity index (χ0) is 10.5. The van der Waals surface area contributed by atoms with Crippen LogP contribution >= 0.6 is 0 Å². The monoisotopic (exact) mass is 195 g/mol. The summed E-state index contributed by atoms with van der Waals surface area (Å²) in [4.78, 5) is 0. The van der Waals surface area contributed by atoms with Crippen LogP contribution in [-0.4, -0.2) is 0 Å². The summed E-state index contributed by atoms with van der Waals surface area (Å²) in [6.45, 7) is 2.05. The van der Waals surface area contributed by atoms with E-state index >= 15 is 0 Å². The van der Waals surface area contributed by atoms with Crippen molar-refractivity contribution in [3.05, 3.63) is 59.8 Å². The Hall–Kier alpha value is -1.94. The Morgan fingerprint density at radius 3 is 2.80 bits per heavy atom. The summed E-state index contributed by atoms with van der Waals surface area (Å²) in [6.07, 6.45) is 5.86. The van der Waals surface area contributed by atoms with Gasteiger partial charge in [0, 0.05) is 5.70 Å². The van der Waals surface area contributed by atoms with E-state index in [0.717, 1.165) is 5.70 Å². The lowest BCUT2D eigenvalue weighted by Crippen LogP contribution is -2.18. The highest BCUT2D eigenvalue weighted by Crippen LogP contribution is 2.13. The maximum Gasteiger partial charge on any atom is 0.114 e. The summed E-state index contributed by atoms with van der Waals surface area (Å²) in [6, 6.07) is 10.4. The van der Waals surface area contributed by atoms with E-state index in [-0.39, 0.29) is 6.04 Å². The van der Waals surface area contributed by atoms with Crippen molar-refractivity contribution in [2.45, 2.75) is 13.0 Å². The van der Waals surface area contributed by atoms with Crippen LogP contribution in [0.4, 0.5) is 0 Å². The number of hydrogen-bond donors (Lipinski definition) is 1. The molecule has 2 rings (SSSR count). The van der Waals surface area contributed by atoms with Crippen LogP contribution in [0.1, 0.15) is 18.5 Å². The molecule has 1 aromatic rings. The van der Waals surface area contributed by atoms with Gasteiger partial charge in [0.05, 0.1) is 0 Å². The lowest BCUT2D eigenvalue weighted by Gasteiger charge is -2.15. The standard InChI is InChI=1S/C14H13N/c1-12-8-4-2-7-11-14(15-12)13-9-5-3-6-10-13/h2-6,8-10,14-15H,1H3/b4-2-,12-8+. The molecule has 0 fully saturated rings. The predicted octanol–water partition coefficient (Wildman–Crippen LogP) is 2.79. The smallest absolute Gasteiger partial charge is 0.114 e. The Morgan fingerprint density at radius 1 is 1.20 bits per heavy atom. The first-order chi connectivity index (χ1) is 7.36. The van der Waals surface area contributed by atoms with Crippen LogP contribution in [0, 0.1) is 11.8 Å². The van der Waals surface area contributed by atoms with Crippen LogP contribution < -0.4 is 5.32 Å². The second-order valence-corrected chi connectivity index (χ2v) is 3.49. The molecule has 1 heterocycles. The first-order valence-electron chi connectivity index (χ1n) is 5.02. The van der Waals surface area contributed by atoms with Crippen molar-refractivity contribution in [1.82, 2.24) is 5.32 Å². The molecule has 1 atom stereocenters. The van der Waals surface area contributed by atoms with E-state index in [1.165, 1.54) is 5.56 Å². The van der Waals surface area contributed by atoms with E-state index in [1.54, 1.807) is 0 Å². The highest BCUT2D eigenvalue weighted by atomic mass is 14.9. The Labute approximate surface area is 90.5 Å². The minimum atomic E-state index is 0.0902. The molecule has 0 saturated carbocycles. The van der Waals surface area contributed by atoms with Crippen molar-refractivity contribution in [2.75, 3.05) is 0 Å². The number of allylic oxidation sites excluding steroid dienone is 4. The Morgan fingerprint density at radius 2 is 2.00 bits per heavy atom. The summed E-state index contributed by atoms with van der Waals surface area (Å²) in [5.74, 6) is 6.20. The van der Waals surface area contributed by atoms with Crippen molar-refractivity contribution in [3.63, 3.8) is 0 Å². The lowest BCUT2D eigenvalue weighted by molar-refractivity contribution is 0.734. The molecule has 0 aliphatic carbocycles. The maximum atomic E-state index is 3.37. The molecule has 1 aromatic carbocycles. The SMILES string of the molecule is C/C1=C\C=C/C#CC(c2ccccc2)N1. The maximum absolute atomic E-state index is 3.37. The van der Waals surface area contributed by atoms with Gasteiger partial charge in [0.2, 0.25) is 0 Å².